The molecule has 1 unspecified atom stereocenters. The summed E-state index contributed by atoms with van der Waals surface area (Å²) in [5, 5.41) is 63.0. The number of amides is 1. The van der Waals surface area contributed by atoms with Gasteiger partial charge in [-0.3, -0.25) is 4.79 Å². The van der Waals surface area contributed by atoms with Crippen LogP contribution >= 0.6 is 0 Å². The van der Waals surface area contributed by atoms with E-state index in [4.69, 9.17) is 37.9 Å². The van der Waals surface area contributed by atoms with Crippen molar-refractivity contribution < 1.29 is 92.2 Å². The van der Waals surface area contributed by atoms with Crippen LogP contribution in [-0.4, -0.2) is 141 Å². The maximum absolute atomic E-state index is 15.2. The van der Waals surface area contributed by atoms with E-state index in [1.165, 1.54) is 31.2 Å². The molecule has 7 rings (SSSR count). The molecule has 1 saturated heterocycles. The lowest BCUT2D eigenvalue weighted by Crippen LogP contribution is -2.83. The predicted octanol–water partition coefficient (Wildman–Crippen LogP) is 4.08. The van der Waals surface area contributed by atoms with E-state index in [2.05, 4.69) is 5.32 Å². The van der Waals surface area contributed by atoms with Crippen LogP contribution in [0.3, 0.4) is 0 Å². The number of carboxylic acids is 1. The molecule has 14 atom stereocenters. The van der Waals surface area contributed by atoms with E-state index in [9.17, 15) is 49.5 Å². The Balaban J connectivity index is 1.32. The number of carbonyl (C=O) groups is 6. The Bertz CT molecular complexity index is 2520. The van der Waals surface area contributed by atoms with Gasteiger partial charge in [-0.1, -0.05) is 88.4 Å². The van der Waals surface area contributed by atoms with Crippen molar-refractivity contribution in [3.8, 4) is 11.5 Å². The quantitative estimate of drug-likeness (QED) is 0.0923. The van der Waals surface area contributed by atoms with Gasteiger partial charge < -0.3 is 68.7 Å². The molecule has 3 aromatic rings. The Kier molecular flexibility index (Phi) is 15.6. The van der Waals surface area contributed by atoms with Gasteiger partial charge >= 0.3 is 35.9 Å². The maximum Gasteiger partial charge on any atom is 0.408 e. The Morgan fingerprint density at radius 1 is 0.836 bits per heavy atom. The maximum atomic E-state index is 15.2. The number of carboxylic acid groups (broad SMARTS) is 1. The SMILES string of the molecule is CC(=O)O[C@@]12CO[C@@H]1C[C@H](O)[C@@]1(C)[C@H](O)[C@H](O)[C@H]3C(C)[C@@H](OC(=O)[C@H](OC(=O)COc4ccccc4OCC(=O)O)[C@@H](NC(=O)OC(C)(C)C)c4ccccc4)C[C@@](O)([C@@H](OC(=O)c4ccccc4)[C@H]21)C3(C)C. The van der Waals surface area contributed by atoms with Crippen molar-refractivity contribution in [2.75, 3.05) is 19.8 Å². The average molecular weight is 1020 g/mol. The molecule has 20 heteroatoms. The van der Waals surface area contributed by atoms with Crippen LogP contribution in [0, 0.1) is 28.6 Å². The predicted molar refractivity (Wildman–Crippen MR) is 253 cm³/mol. The second-order valence-electron chi connectivity index (χ2n) is 21.1. The van der Waals surface area contributed by atoms with E-state index < -0.39 is 150 Å². The van der Waals surface area contributed by atoms with Gasteiger partial charge in [-0.2, -0.15) is 0 Å². The summed E-state index contributed by atoms with van der Waals surface area (Å²) in [5.74, 6) is -9.19. The smallest absolute Gasteiger partial charge is 0.408 e. The molecule has 2 bridgehead atoms. The Morgan fingerprint density at radius 2 is 1.42 bits per heavy atom. The van der Waals surface area contributed by atoms with Crippen molar-refractivity contribution in [2.24, 2.45) is 28.6 Å². The van der Waals surface area contributed by atoms with E-state index in [0.29, 0.717) is 0 Å². The van der Waals surface area contributed by atoms with E-state index in [1.807, 2.05) is 0 Å². The first kappa shape index (κ1) is 54.5. The van der Waals surface area contributed by atoms with Gasteiger partial charge in [0, 0.05) is 36.5 Å². The highest BCUT2D eigenvalue weighted by molar-refractivity contribution is 5.89. The molecular weight excluding hydrogens is 955 g/mol. The molecule has 396 valence electrons. The first-order valence-electron chi connectivity index (χ1n) is 24.1. The first-order chi connectivity index (χ1) is 34.2. The number of carbonyl (C=O) groups excluding carboxylic acids is 5. The lowest BCUT2D eigenvalue weighted by atomic mass is 9.42. The van der Waals surface area contributed by atoms with Crippen molar-refractivity contribution in [2.45, 2.75) is 134 Å². The molecule has 73 heavy (non-hydrogen) atoms. The third-order valence-electron chi connectivity index (χ3n) is 15.1. The molecule has 3 saturated carbocycles. The number of ether oxygens (including phenoxy) is 8. The lowest BCUT2D eigenvalue weighted by molar-refractivity contribution is -0.379. The summed E-state index contributed by atoms with van der Waals surface area (Å²) >= 11 is 0. The van der Waals surface area contributed by atoms with Crippen LogP contribution in [0.2, 0.25) is 0 Å². The van der Waals surface area contributed by atoms with Gasteiger partial charge in [0.05, 0.1) is 36.4 Å². The fraction of sp³-hybridized carbons (Fsp3) is 0.547. The summed E-state index contributed by atoms with van der Waals surface area (Å²) in [7, 11) is 0. The number of aliphatic hydroxyl groups is 4. The summed E-state index contributed by atoms with van der Waals surface area (Å²) in [6.07, 6.45) is -13.3. The molecule has 4 fully saturated rings. The van der Waals surface area contributed by atoms with Gasteiger partial charge in [0.15, 0.2) is 30.3 Å². The van der Waals surface area contributed by atoms with Crippen LogP contribution < -0.4 is 14.8 Å². The van der Waals surface area contributed by atoms with Gasteiger partial charge in [0.2, 0.25) is 6.10 Å². The number of fused-ring (bicyclic) bond motifs is 5. The van der Waals surface area contributed by atoms with E-state index >= 15 is 4.79 Å². The zero-order valence-electron chi connectivity index (χ0n) is 41.9. The fourth-order valence-corrected chi connectivity index (χ4v) is 11.6. The molecule has 1 heterocycles. The van der Waals surface area contributed by atoms with Crippen molar-refractivity contribution in [1.29, 1.82) is 0 Å². The molecule has 20 nitrogen and oxygen atoms in total. The number of rotatable bonds is 15. The highest BCUT2D eigenvalue weighted by Gasteiger charge is 2.79. The third kappa shape index (κ3) is 10.6. The minimum absolute atomic E-state index is 0.0194. The molecule has 3 aliphatic carbocycles. The molecule has 4 aliphatic rings. The molecule has 3 aromatic carbocycles. The number of esters is 4. The molecular formula is C53H65NO19. The van der Waals surface area contributed by atoms with Crippen LogP contribution in [0.4, 0.5) is 4.79 Å². The number of hydrogen-bond acceptors (Lipinski definition) is 18. The molecule has 1 aliphatic heterocycles. The van der Waals surface area contributed by atoms with Crippen molar-refractivity contribution >= 4 is 35.9 Å². The Morgan fingerprint density at radius 3 is 1.99 bits per heavy atom. The van der Waals surface area contributed by atoms with Crippen molar-refractivity contribution in [3.05, 3.63) is 96.1 Å². The normalized spacial score (nSPS) is 31.9. The van der Waals surface area contributed by atoms with Crippen LogP contribution in [-0.2, 0) is 47.6 Å². The van der Waals surface area contributed by atoms with Crippen molar-refractivity contribution in [1.82, 2.24) is 5.32 Å². The minimum atomic E-state index is -2.39. The number of benzene rings is 3. The van der Waals surface area contributed by atoms with Gasteiger partial charge in [-0.25, -0.2) is 24.0 Å². The number of aliphatic carboxylic acids is 1. The highest BCUT2D eigenvalue weighted by Crippen LogP contribution is 2.66. The average Bonchev–Trinajstić information content (AvgIpc) is 3.32. The fourth-order valence-electron chi connectivity index (χ4n) is 11.6. The van der Waals surface area contributed by atoms with Crippen LogP contribution in [0.15, 0.2) is 84.9 Å². The molecule has 0 aromatic heterocycles. The zero-order chi connectivity index (χ0) is 53.4. The Labute approximate surface area is 422 Å². The van der Waals surface area contributed by atoms with Gasteiger partial charge in [0.1, 0.15) is 35.6 Å². The number of aliphatic hydroxyl groups excluding tert-OH is 3. The standard InChI is InChI=1S/C53H65NO19/c1-28-34(69-47(63)42(40(30-17-11-9-12-18-30)54-48(64)73-49(3,4)5)70-38(59)26-67-33-22-16-15-21-32(33)66-25-37(57)58)24-53(65)45(71-46(62)31-19-13-10-14-20-31)43-51(8,44(61)41(60)39(28)50(53,6)7)35(56)23-36-52(43,27-68-36)72-29(2)55/h9-22,28,34-36,39-45,56,60-61,65H,23-27H2,1-8H3,(H,54,64)(H,57,58)/t28?,34-,35-,36+,39+,40-,41+,42+,43-,44+,45-,51+,52-,53+/m0/s1. The van der Waals surface area contributed by atoms with Gasteiger partial charge in [-0.15, -0.1) is 0 Å². The van der Waals surface area contributed by atoms with E-state index in [-0.39, 0.29) is 35.7 Å². The Hall–Kier alpha value is -6.32. The summed E-state index contributed by atoms with van der Waals surface area (Å²) in [4.78, 5) is 81.5. The largest absolute Gasteiger partial charge is 0.479 e. The topological polar surface area (TPSA) is 289 Å². The van der Waals surface area contributed by atoms with Gasteiger partial charge in [-0.05, 0) is 56.5 Å². The first-order valence-corrected chi connectivity index (χ1v) is 24.1. The third-order valence-corrected chi connectivity index (χ3v) is 15.1. The summed E-state index contributed by atoms with van der Waals surface area (Å²) < 4.78 is 47.3. The molecule has 0 spiro atoms. The summed E-state index contributed by atoms with van der Waals surface area (Å²) in [6, 6.07) is 20.2. The van der Waals surface area contributed by atoms with Crippen LogP contribution in [0.1, 0.15) is 90.2 Å². The molecule has 1 amide bonds. The molecule has 6 N–H and O–H groups in total. The van der Waals surface area contributed by atoms with Gasteiger partial charge in [0.25, 0.3) is 0 Å². The van der Waals surface area contributed by atoms with E-state index in [0.717, 1.165) is 6.92 Å². The van der Waals surface area contributed by atoms with Crippen LogP contribution in [0.25, 0.3) is 0 Å². The monoisotopic (exact) mass is 1020 g/mol. The second kappa shape index (κ2) is 20.9. The number of nitrogens with one attached hydrogen (secondary N) is 1. The van der Waals surface area contributed by atoms with Crippen molar-refractivity contribution in [3.63, 3.8) is 0 Å². The number of alkyl carbamates (subject to hydrolysis) is 1. The number of para-hydroxylation sites is 2. The summed E-state index contributed by atoms with van der Waals surface area (Å²) in [5.41, 5.74) is -8.30. The summed E-state index contributed by atoms with van der Waals surface area (Å²) in [6.45, 7) is 10.4. The zero-order valence-corrected chi connectivity index (χ0v) is 41.9. The van der Waals surface area contributed by atoms with E-state index in [1.54, 1.807) is 102 Å². The number of hydrogen-bond donors (Lipinski definition) is 6. The lowest BCUT2D eigenvalue weighted by Gasteiger charge is -2.70. The molecule has 0 radical (unpaired) electrons. The van der Waals surface area contributed by atoms with Crippen LogP contribution in [0.5, 0.6) is 11.5 Å². The minimum Gasteiger partial charge on any atom is -0.479 e. The second-order valence-corrected chi connectivity index (χ2v) is 21.1. The highest BCUT2D eigenvalue weighted by atomic mass is 16.6.